The lowest BCUT2D eigenvalue weighted by molar-refractivity contribution is -0.120. The number of hydrogen-bond acceptors (Lipinski definition) is 6. The van der Waals surface area contributed by atoms with Crippen LogP contribution in [0.5, 0.6) is 0 Å². The van der Waals surface area contributed by atoms with Gasteiger partial charge in [0.2, 0.25) is 5.91 Å². The molecule has 2 heterocycles. The summed E-state index contributed by atoms with van der Waals surface area (Å²) in [5, 5.41) is 8.13. The first kappa shape index (κ1) is 20.6. The van der Waals surface area contributed by atoms with Gasteiger partial charge < -0.3 is 10.6 Å². The Kier molecular flexibility index (Phi) is 6.99. The van der Waals surface area contributed by atoms with Crippen molar-refractivity contribution in [3.05, 3.63) is 35.8 Å². The number of aromatic nitrogens is 1. The van der Waals surface area contributed by atoms with Crippen LogP contribution in [0.4, 0.5) is 10.8 Å². The molecule has 1 aliphatic heterocycles. The summed E-state index contributed by atoms with van der Waals surface area (Å²) < 4.78 is 27.3. The Bertz CT molecular complexity index is 843. The van der Waals surface area contributed by atoms with Gasteiger partial charge in [-0.15, -0.1) is 23.7 Å². The molecule has 1 aliphatic rings. The molecule has 1 aromatic heterocycles. The van der Waals surface area contributed by atoms with Crippen LogP contribution in [0, 0.1) is 5.92 Å². The molecule has 0 saturated carbocycles. The molecular weight excluding hydrogens is 396 g/mol. The number of benzene rings is 1. The van der Waals surface area contributed by atoms with Crippen molar-refractivity contribution >= 4 is 50.5 Å². The lowest BCUT2D eigenvalue weighted by atomic mass is 9.92. The van der Waals surface area contributed by atoms with Crippen LogP contribution >= 0.6 is 23.7 Å². The molecule has 3 rings (SSSR count). The molecule has 1 saturated heterocycles. The van der Waals surface area contributed by atoms with Crippen molar-refractivity contribution in [3.8, 4) is 0 Å². The van der Waals surface area contributed by atoms with E-state index in [1.54, 1.807) is 17.5 Å². The van der Waals surface area contributed by atoms with Gasteiger partial charge in [0.1, 0.15) is 0 Å². The average molecular weight is 417 g/mol. The highest BCUT2D eigenvalue weighted by atomic mass is 35.5. The van der Waals surface area contributed by atoms with Crippen LogP contribution < -0.4 is 15.4 Å². The monoisotopic (exact) mass is 416 g/mol. The number of halogens is 1. The van der Waals surface area contributed by atoms with E-state index in [1.807, 2.05) is 0 Å². The van der Waals surface area contributed by atoms with Gasteiger partial charge in [-0.2, -0.15) is 0 Å². The van der Waals surface area contributed by atoms with E-state index in [1.165, 1.54) is 29.7 Å². The van der Waals surface area contributed by atoms with Crippen molar-refractivity contribution in [2.24, 2.45) is 5.92 Å². The third-order valence-electron chi connectivity index (χ3n) is 4.06. The minimum absolute atomic E-state index is 0. The lowest BCUT2D eigenvalue weighted by Crippen LogP contribution is -2.40. The summed E-state index contributed by atoms with van der Waals surface area (Å²) in [6.45, 7) is 2.86. The summed E-state index contributed by atoms with van der Waals surface area (Å²) >= 11 is 1.20. The number of nitrogens with zero attached hydrogens (tertiary/aromatic N) is 1. The highest BCUT2D eigenvalue weighted by Crippen LogP contribution is 2.22. The number of carbonyl (C=O) groups is 1. The Labute approximate surface area is 163 Å². The minimum Gasteiger partial charge on any atom is -0.326 e. The number of thiazole rings is 1. The van der Waals surface area contributed by atoms with Gasteiger partial charge in [0, 0.05) is 29.2 Å². The Morgan fingerprint density at radius 2 is 2.19 bits per heavy atom. The molecule has 0 unspecified atom stereocenters. The highest BCUT2D eigenvalue weighted by Gasteiger charge is 2.25. The van der Waals surface area contributed by atoms with Crippen LogP contribution in [0.2, 0.25) is 0 Å². The van der Waals surface area contributed by atoms with Gasteiger partial charge in [0.15, 0.2) is 5.13 Å². The van der Waals surface area contributed by atoms with E-state index in [4.69, 9.17) is 0 Å². The van der Waals surface area contributed by atoms with Gasteiger partial charge in [-0.1, -0.05) is 6.07 Å². The van der Waals surface area contributed by atoms with E-state index < -0.39 is 10.0 Å². The van der Waals surface area contributed by atoms with Crippen molar-refractivity contribution in [2.75, 3.05) is 16.6 Å². The third kappa shape index (κ3) is 5.16. The molecular formula is C16H21ClN4O3S2. The molecule has 1 aromatic carbocycles. The zero-order valence-electron chi connectivity index (χ0n) is 14.1. The maximum atomic E-state index is 12.4. The Morgan fingerprint density at radius 1 is 1.38 bits per heavy atom. The first-order chi connectivity index (χ1) is 11.9. The number of sulfonamides is 1. The predicted molar refractivity (Wildman–Crippen MR) is 105 cm³/mol. The Hall–Kier alpha value is -1.68. The second-order valence-corrected chi connectivity index (χ2v) is 8.61. The van der Waals surface area contributed by atoms with Crippen LogP contribution in [0.15, 0.2) is 40.7 Å². The number of amides is 1. The lowest BCUT2D eigenvalue weighted by Gasteiger charge is -2.27. The van der Waals surface area contributed by atoms with E-state index in [2.05, 4.69) is 27.3 Å². The second kappa shape index (κ2) is 8.81. The quantitative estimate of drug-likeness (QED) is 0.695. The molecule has 1 amide bonds. The standard InChI is InChI=1S/C16H20N4O3S2.ClH/c1-11-9-12(5-6-17-11)15(21)19-13-3-2-4-14(10-13)25(22,23)20-16-18-7-8-24-16;/h2-4,7-8,10-12,17H,5-6,9H2,1H3,(H,18,20)(H,19,21);1H/t11-,12-;/m0./s1. The second-order valence-electron chi connectivity index (χ2n) is 6.04. The summed E-state index contributed by atoms with van der Waals surface area (Å²) in [6.07, 6.45) is 3.08. The number of carbonyl (C=O) groups excluding carboxylic acids is 1. The summed E-state index contributed by atoms with van der Waals surface area (Å²) in [5.74, 6) is -0.138. The van der Waals surface area contributed by atoms with Gasteiger partial charge in [0.25, 0.3) is 10.0 Å². The molecule has 0 spiro atoms. The van der Waals surface area contributed by atoms with E-state index in [0.29, 0.717) is 16.9 Å². The van der Waals surface area contributed by atoms with Crippen molar-refractivity contribution in [2.45, 2.75) is 30.7 Å². The topological polar surface area (TPSA) is 100 Å². The van der Waals surface area contributed by atoms with Crippen LogP contribution in [0.3, 0.4) is 0 Å². The van der Waals surface area contributed by atoms with Crippen molar-refractivity contribution in [1.82, 2.24) is 10.3 Å². The highest BCUT2D eigenvalue weighted by molar-refractivity contribution is 7.93. The summed E-state index contributed by atoms with van der Waals surface area (Å²) in [6, 6.07) is 6.54. The molecule has 10 heteroatoms. The molecule has 3 N–H and O–H groups in total. The number of rotatable bonds is 5. The van der Waals surface area contributed by atoms with Crippen LogP contribution in [0.1, 0.15) is 19.8 Å². The zero-order chi connectivity index (χ0) is 17.9. The minimum atomic E-state index is -3.74. The Balaban J connectivity index is 0.00000243. The maximum Gasteiger partial charge on any atom is 0.263 e. The van der Waals surface area contributed by atoms with Gasteiger partial charge in [0.05, 0.1) is 4.90 Å². The largest absolute Gasteiger partial charge is 0.326 e. The fourth-order valence-electron chi connectivity index (χ4n) is 2.80. The molecule has 0 bridgehead atoms. The van der Waals surface area contributed by atoms with Crippen LogP contribution in [-0.2, 0) is 14.8 Å². The first-order valence-corrected chi connectivity index (χ1v) is 10.4. The van der Waals surface area contributed by atoms with Gasteiger partial charge in [-0.05, 0) is 44.5 Å². The smallest absolute Gasteiger partial charge is 0.263 e. The van der Waals surface area contributed by atoms with E-state index in [-0.39, 0.29) is 29.1 Å². The Morgan fingerprint density at radius 3 is 2.88 bits per heavy atom. The van der Waals surface area contributed by atoms with Crippen molar-refractivity contribution in [1.29, 1.82) is 0 Å². The first-order valence-electron chi connectivity index (χ1n) is 8.01. The fourth-order valence-corrected chi connectivity index (χ4v) is 4.64. The van der Waals surface area contributed by atoms with E-state index >= 15 is 0 Å². The predicted octanol–water partition coefficient (Wildman–Crippen LogP) is 2.69. The van der Waals surface area contributed by atoms with Gasteiger partial charge in [-0.3, -0.25) is 9.52 Å². The maximum absolute atomic E-state index is 12.4. The third-order valence-corrected chi connectivity index (χ3v) is 6.21. The zero-order valence-corrected chi connectivity index (χ0v) is 16.6. The average Bonchev–Trinajstić information content (AvgIpc) is 3.07. The number of hydrogen-bond donors (Lipinski definition) is 3. The molecule has 0 radical (unpaired) electrons. The molecule has 1 fully saturated rings. The van der Waals surface area contributed by atoms with Crippen LogP contribution in [-0.4, -0.2) is 31.9 Å². The molecule has 0 aliphatic carbocycles. The molecule has 7 nitrogen and oxygen atoms in total. The molecule has 26 heavy (non-hydrogen) atoms. The van der Waals surface area contributed by atoms with E-state index in [0.717, 1.165) is 19.4 Å². The number of anilines is 2. The van der Waals surface area contributed by atoms with Crippen LogP contribution in [0.25, 0.3) is 0 Å². The SMILES string of the molecule is C[C@H]1C[C@@H](C(=O)Nc2cccc(S(=O)(=O)Nc3nccs3)c2)CCN1.Cl. The normalized spacial score (nSPS) is 20.0. The molecule has 2 atom stereocenters. The molecule has 2 aromatic rings. The number of nitrogens with one attached hydrogen (secondary N) is 3. The van der Waals surface area contributed by atoms with E-state index in [9.17, 15) is 13.2 Å². The number of piperidine rings is 1. The van der Waals surface area contributed by atoms with Crippen molar-refractivity contribution < 1.29 is 13.2 Å². The van der Waals surface area contributed by atoms with Gasteiger partial charge in [-0.25, -0.2) is 13.4 Å². The summed E-state index contributed by atoms with van der Waals surface area (Å²) in [4.78, 5) is 16.4. The summed E-state index contributed by atoms with van der Waals surface area (Å²) in [5.41, 5.74) is 0.471. The van der Waals surface area contributed by atoms with Crippen molar-refractivity contribution in [3.63, 3.8) is 0 Å². The van der Waals surface area contributed by atoms with Gasteiger partial charge >= 0.3 is 0 Å². The molecule has 142 valence electrons. The summed E-state index contributed by atoms with van der Waals surface area (Å²) in [7, 11) is -3.74. The fraction of sp³-hybridized carbons (Fsp3) is 0.375.